The monoisotopic (exact) mass is 379 g/mol. The highest BCUT2D eigenvalue weighted by Crippen LogP contribution is 2.34. The molecule has 0 fully saturated rings. The van der Waals surface area contributed by atoms with E-state index in [0.717, 1.165) is 16.5 Å². The maximum Gasteiger partial charge on any atom is 0.352 e. The van der Waals surface area contributed by atoms with Crippen molar-refractivity contribution in [3.63, 3.8) is 0 Å². The van der Waals surface area contributed by atoms with Gasteiger partial charge in [-0.1, -0.05) is 30.3 Å². The lowest BCUT2D eigenvalue weighted by atomic mass is 10.1. The van der Waals surface area contributed by atoms with Crippen LogP contribution in [0.4, 0.5) is 5.82 Å². The molecule has 28 heavy (non-hydrogen) atoms. The summed E-state index contributed by atoms with van der Waals surface area (Å²) >= 11 is 0. The molecular weight excluding hydrogens is 354 g/mol. The molecule has 0 aliphatic rings. The van der Waals surface area contributed by atoms with Gasteiger partial charge in [0.25, 0.3) is 0 Å². The van der Waals surface area contributed by atoms with Crippen LogP contribution < -0.4 is 5.73 Å². The van der Waals surface area contributed by atoms with E-state index in [9.17, 15) is 4.79 Å². The average molecular weight is 379 g/mol. The van der Waals surface area contributed by atoms with Gasteiger partial charge in [0, 0.05) is 24.2 Å². The molecule has 0 radical (unpaired) electrons. The van der Waals surface area contributed by atoms with Crippen molar-refractivity contribution in [3.05, 3.63) is 42.9 Å². The number of carbonyl (C=O) groups is 1. The van der Waals surface area contributed by atoms with Crippen molar-refractivity contribution in [1.82, 2.24) is 14.5 Å². The lowest BCUT2D eigenvalue weighted by molar-refractivity contribution is -0.146. The van der Waals surface area contributed by atoms with Gasteiger partial charge in [0.15, 0.2) is 0 Å². The number of esters is 1. The maximum absolute atomic E-state index is 12.2. The van der Waals surface area contributed by atoms with Gasteiger partial charge in [-0.3, -0.25) is 5.41 Å². The van der Waals surface area contributed by atoms with Gasteiger partial charge in [0.05, 0.1) is 5.39 Å². The zero-order valence-electron chi connectivity index (χ0n) is 16.6. The number of nitrogen functional groups attached to an aromatic ring is 1. The zero-order valence-corrected chi connectivity index (χ0v) is 16.6. The Bertz CT molecular complexity index is 1020. The molecule has 0 saturated carbocycles. The fourth-order valence-corrected chi connectivity index (χ4v) is 3.10. The lowest BCUT2D eigenvalue weighted by Gasteiger charge is -2.21. The standard InChI is InChI=1S/C21H25N5O2/c1-13(10-16(22)20(27)28-21(2,3)4)26-11-15(14-8-6-5-7-9-14)17-18(23)24-12-25-19(17)26/h5-9,11-13,22H,10H2,1-4H3,(H2,23,24,25). The van der Waals surface area contributed by atoms with Crippen molar-refractivity contribution < 1.29 is 9.53 Å². The minimum absolute atomic E-state index is 0.0763. The fourth-order valence-electron chi connectivity index (χ4n) is 3.10. The van der Waals surface area contributed by atoms with Crippen LogP contribution in [0, 0.1) is 5.41 Å². The molecule has 0 aliphatic heterocycles. The summed E-state index contributed by atoms with van der Waals surface area (Å²) in [5.74, 6) is -0.203. The Morgan fingerprint density at radius 3 is 2.57 bits per heavy atom. The van der Waals surface area contributed by atoms with Crippen molar-refractivity contribution in [2.24, 2.45) is 0 Å². The molecule has 0 amide bonds. The van der Waals surface area contributed by atoms with Crippen molar-refractivity contribution in [3.8, 4) is 11.1 Å². The van der Waals surface area contributed by atoms with Crippen LogP contribution in [0.1, 0.15) is 40.2 Å². The zero-order chi connectivity index (χ0) is 20.5. The van der Waals surface area contributed by atoms with Gasteiger partial charge in [-0.25, -0.2) is 14.8 Å². The summed E-state index contributed by atoms with van der Waals surface area (Å²) in [7, 11) is 0. The largest absolute Gasteiger partial charge is 0.456 e. The van der Waals surface area contributed by atoms with E-state index in [2.05, 4.69) is 9.97 Å². The normalized spacial score (nSPS) is 12.7. The number of hydrogen-bond donors (Lipinski definition) is 2. The summed E-state index contributed by atoms with van der Waals surface area (Å²) in [4.78, 5) is 20.7. The minimum atomic E-state index is -0.630. The smallest absolute Gasteiger partial charge is 0.352 e. The Balaban J connectivity index is 1.96. The van der Waals surface area contributed by atoms with E-state index < -0.39 is 11.6 Å². The van der Waals surface area contributed by atoms with Gasteiger partial charge in [-0.05, 0) is 33.3 Å². The summed E-state index contributed by atoms with van der Waals surface area (Å²) < 4.78 is 7.24. The first-order valence-electron chi connectivity index (χ1n) is 9.14. The van der Waals surface area contributed by atoms with Gasteiger partial charge >= 0.3 is 5.97 Å². The second-order valence-electron chi connectivity index (χ2n) is 7.81. The van der Waals surface area contributed by atoms with Crippen molar-refractivity contribution in [2.45, 2.75) is 45.8 Å². The number of rotatable bonds is 5. The van der Waals surface area contributed by atoms with Crippen molar-refractivity contribution in [1.29, 1.82) is 5.41 Å². The molecule has 3 aromatic rings. The molecule has 1 aromatic carbocycles. The van der Waals surface area contributed by atoms with Gasteiger partial charge < -0.3 is 15.0 Å². The van der Waals surface area contributed by atoms with E-state index in [1.165, 1.54) is 6.33 Å². The number of hydrogen-bond acceptors (Lipinski definition) is 6. The van der Waals surface area contributed by atoms with Crippen LogP contribution in [0.2, 0.25) is 0 Å². The number of nitrogens with zero attached hydrogens (tertiary/aromatic N) is 3. The molecule has 3 rings (SSSR count). The van der Waals surface area contributed by atoms with Gasteiger partial charge in [0.1, 0.15) is 29.1 Å². The number of ether oxygens (including phenoxy) is 1. The second-order valence-corrected chi connectivity index (χ2v) is 7.81. The molecular formula is C21H25N5O2. The Labute approximate surface area is 164 Å². The predicted molar refractivity (Wildman–Crippen MR) is 110 cm³/mol. The second kappa shape index (κ2) is 7.42. The van der Waals surface area contributed by atoms with Crippen LogP contribution in [0.25, 0.3) is 22.2 Å². The molecule has 2 heterocycles. The minimum Gasteiger partial charge on any atom is -0.456 e. The quantitative estimate of drug-likeness (QED) is 0.515. The Morgan fingerprint density at radius 2 is 1.93 bits per heavy atom. The summed E-state index contributed by atoms with van der Waals surface area (Å²) in [5.41, 5.74) is 8.04. The number of aromatic nitrogens is 3. The topological polar surface area (TPSA) is 107 Å². The molecule has 1 atom stereocenters. The van der Waals surface area contributed by atoms with Crippen molar-refractivity contribution >= 4 is 28.5 Å². The molecule has 146 valence electrons. The van der Waals surface area contributed by atoms with E-state index >= 15 is 0 Å². The fraction of sp³-hybridized carbons (Fsp3) is 0.333. The lowest BCUT2D eigenvalue weighted by Crippen LogP contribution is -2.29. The van der Waals surface area contributed by atoms with Crippen LogP contribution in [-0.2, 0) is 9.53 Å². The molecule has 0 aliphatic carbocycles. The number of nitrogens with two attached hydrogens (primary N) is 1. The highest BCUT2D eigenvalue weighted by molar-refractivity contribution is 6.35. The molecule has 7 nitrogen and oxygen atoms in total. The molecule has 2 aromatic heterocycles. The van der Waals surface area contributed by atoms with E-state index in [1.54, 1.807) is 20.8 Å². The van der Waals surface area contributed by atoms with Gasteiger partial charge in [-0.2, -0.15) is 0 Å². The Hall–Kier alpha value is -3.22. The van der Waals surface area contributed by atoms with Crippen LogP contribution in [0.15, 0.2) is 42.9 Å². The molecule has 7 heteroatoms. The molecule has 1 unspecified atom stereocenters. The van der Waals surface area contributed by atoms with Crippen LogP contribution >= 0.6 is 0 Å². The molecule has 0 spiro atoms. The number of carbonyl (C=O) groups excluding carboxylic acids is 1. The van der Waals surface area contributed by atoms with Crippen molar-refractivity contribution in [2.75, 3.05) is 5.73 Å². The Kier molecular flexibility index (Phi) is 5.18. The van der Waals surface area contributed by atoms with Crippen LogP contribution in [-0.4, -0.2) is 31.8 Å². The first-order valence-corrected chi connectivity index (χ1v) is 9.14. The number of nitrogens with one attached hydrogen (secondary N) is 1. The number of benzene rings is 1. The summed E-state index contributed by atoms with van der Waals surface area (Å²) in [6, 6.07) is 9.68. The molecule has 0 bridgehead atoms. The molecule has 0 saturated heterocycles. The third kappa shape index (κ3) is 4.03. The SMILES string of the molecule is CC(CC(=N)C(=O)OC(C)(C)C)n1cc(-c2ccccc2)c2c(N)ncnc21. The summed E-state index contributed by atoms with van der Waals surface area (Å²) in [6.07, 6.45) is 3.60. The number of fused-ring (bicyclic) bond motifs is 1. The van der Waals surface area contributed by atoms with Gasteiger partial charge in [-0.15, -0.1) is 0 Å². The highest BCUT2D eigenvalue weighted by atomic mass is 16.6. The average Bonchev–Trinajstić information content (AvgIpc) is 3.02. The highest BCUT2D eigenvalue weighted by Gasteiger charge is 2.24. The molecule has 3 N–H and O–H groups in total. The summed E-state index contributed by atoms with van der Waals surface area (Å²) in [5, 5.41) is 8.90. The van der Waals surface area contributed by atoms with E-state index in [-0.39, 0.29) is 18.2 Å². The van der Waals surface area contributed by atoms with E-state index in [1.807, 2.05) is 48.0 Å². The van der Waals surface area contributed by atoms with Crippen LogP contribution in [0.5, 0.6) is 0 Å². The first kappa shape index (κ1) is 19.5. The van der Waals surface area contributed by atoms with E-state index in [4.69, 9.17) is 15.9 Å². The predicted octanol–water partition coefficient (Wildman–Crippen LogP) is 3.99. The summed E-state index contributed by atoms with van der Waals surface area (Å²) in [6.45, 7) is 7.29. The van der Waals surface area contributed by atoms with Gasteiger partial charge in [0.2, 0.25) is 0 Å². The number of anilines is 1. The third-order valence-electron chi connectivity index (χ3n) is 4.34. The van der Waals surface area contributed by atoms with E-state index in [0.29, 0.717) is 11.5 Å². The maximum atomic E-state index is 12.2. The first-order chi connectivity index (χ1) is 13.2. The Morgan fingerprint density at radius 1 is 1.25 bits per heavy atom. The third-order valence-corrected chi connectivity index (χ3v) is 4.34. The van der Waals surface area contributed by atoms with Crippen LogP contribution in [0.3, 0.4) is 0 Å².